The summed E-state index contributed by atoms with van der Waals surface area (Å²) >= 11 is 0. The number of ether oxygens (including phenoxy) is 1. The van der Waals surface area contributed by atoms with Crippen LogP contribution >= 0.6 is 0 Å². The second-order valence-corrected chi connectivity index (χ2v) is 5.23. The minimum absolute atomic E-state index is 0.455. The largest absolute Gasteiger partial charge is 0.491 e. The van der Waals surface area contributed by atoms with Crippen molar-refractivity contribution in [3.05, 3.63) is 36.0 Å². The summed E-state index contributed by atoms with van der Waals surface area (Å²) in [6.07, 6.45) is 4.45. The second kappa shape index (κ2) is 6.20. The van der Waals surface area contributed by atoms with Gasteiger partial charge in [-0.15, -0.1) is 0 Å². The number of nitrogens with two attached hydrogens (primary N) is 1. The number of hydrogen-bond acceptors (Lipinski definition) is 4. The Morgan fingerprint density at radius 2 is 2.00 bits per heavy atom. The Balaban J connectivity index is 1.77. The molecule has 2 aromatic rings. The molecule has 0 atom stereocenters. The third-order valence-corrected chi connectivity index (χ3v) is 3.87. The molecule has 0 radical (unpaired) electrons. The van der Waals surface area contributed by atoms with Gasteiger partial charge in [0.15, 0.2) is 0 Å². The summed E-state index contributed by atoms with van der Waals surface area (Å²) in [5.74, 6) is 0.900. The molecule has 2 heterocycles. The quantitative estimate of drug-likeness (QED) is 0.905. The van der Waals surface area contributed by atoms with E-state index in [4.69, 9.17) is 10.5 Å². The van der Waals surface area contributed by atoms with Gasteiger partial charge in [-0.05, 0) is 38.1 Å². The maximum Gasteiger partial charge on any atom is 0.134 e. The Bertz CT molecular complexity index is 579. The van der Waals surface area contributed by atoms with Gasteiger partial charge in [-0.2, -0.15) is 0 Å². The lowest BCUT2D eigenvalue weighted by molar-refractivity contribution is 0.238. The van der Waals surface area contributed by atoms with Crippen molar-refractivity contribution in [2.75, 3.05) is 26.2 Å². The van der Waals surface area contributed by atoms with Crippen LogP contribution in [0.25, 0.3) is 10.9 Å². The van der Waals surface area contributed by atoms with Gasteiger partial charge in [-0.25, -0.2) is 0 Å². The Morgan fingerprint density at radius 3 is 2.80 bits per heavy atom. The van der Waals surface area contributed by atoms with Crippen LogP contribution in [-0.2, 0) is 6.54 Å². The maximum absolute atomic E-state index is 6.04. The Kier molecular flexibility index (Phi) is 4.14. The smallest absolute Gasteiger partial charge is 0.134 e. The van der Waals surface area contributed by atoms with Crippen LogP contribution in [0.5, 0.6) is 5.75 Å². The molecule has 1 fully saturated rings. The van der Waals surface area contributed by atoms with E-state index in [1.165, 1.54) is 25.9 Å². The van der Waals surface area contributed by atoms with Crippen LogP contribution in [-0.4, -0.2) is 36.1 Å². The highest BCUT2D eigenvalue weighted by Gasteiger charge is 2.13. The first-order valence-corrected chi connectivity index (χ1v) is 7.30. The number of benzene rings is 1. The minimum atomic E-state index is 0.455. The van der Waals surface area contributed by atoms with Gasteiger partial charge in [0, 0.05) is 30.2 Å². The molecule has 1 aliphatic rings. The molecule has 0 bridgehead atoms. The summed E-state index contributed by atoms with van der Waals surface area (Å²) in [5.41, 5.74) is 7.74. The van der Waals surface area contributed by atoms with Crippen molar-refractivity contribution in [2.45, 2.75) is 19.4 Å². The molecule has 0 unspecified atom stereocenters. The highest BCUT2D eigenvalue weighted by Crippen LogP contribution is 2.28. The first-order chi connectivity index (χ1) is 9.88. The van der Waals surface area contributed by atoms with Crippen molar-refractivity contribution in [3.8, 4) is 5.75 Å². The van der Waals surface area contributed by atoms with Crippen LogP contribution in [0.2, 0.25) is 0 Å². The zero-order valence-electron chi connectivity index (χ0n) is 11.7. The molecule has 4 nitrogen and oxygen atoms in total. The molecule has 1 aromatic carbocycles. The highest BCUT2D eigenvalue weighted by atomic mass is 16.5. The van der Waals surface area contributed by atoms with Gasteiger partial charge >= 0.3 is 0 Å². The predicted molar refractivity (Wildman–Crippen MR) is 80.8 cm³/mol. The topological polar surface area (TPSA) is 51.4 Å². The number of nitrogens with zero attached hydrogens (tertiary/aromatic N) is 2. The van der Waals surface area contributed by atoms with E-state index in [2.05, 4.69) is 9.88 Å². The summed E-state index contributed by atoms with van der Waals surface area (Å²) in [7, 11) is 0. The van der Waals surface area contributed by atoms with E-state index in [0.29, 0.717) is 13.2 Å². The second-order valence-electron chi connectivity index (χ2n) is 5.23. The number of likely N-dealkylation sites (tertiary alicyclic amines) is 1. The van der Waals surface area contributed by atoms with Crippen LogP contribution in [0, 0.1) is 0 Å². The summed E-state index contributed by atoms with van der Waals surface area (Å²) in [6, 6.07) is 8.05. The fraction of sp³-hybridized carbons (Fsp3) is 0.438. The van der Waals surface area contributed by atoms with Crippen molar-refractivity contribution in [1.82, 2.24) is 9.88 Å². The molecular formula is C16H21N3O. The lowest BCUT2D eigenvalue weighted by Crippen LogP contribution is -2.25. The molecule has 1 saturated heterocycles. The van der Waals surface area contributed by atoms with Crippen molar-refractivity contribution < 1.29 is 4.74 Å². The monoisotopic (exact) mass is 271 g/mol. The Morgan fingerprint density at radius 1 is 1.20 bits per heavy atom. The molecule has 1 aliphatic heterocycles. The standard InChI is InChI=1S/C16H21N3O/c17-11-13-12-18-15-6-2-1-5-14(15)16(13)20-10-9-19-7-3-4-8-19/h1-2,5-6,12H,3-4,7-11,17H2. The fourth-order valence-electron chi connectivity index (χ4n) is 2.76. The normalized spacial score (nSPS) is 15.8. The van der Waals surface area contributed by atoms with E-state index in [1.807, 2.05) is 30.5 Å². The van der Waals surface area contributed by atoms with Gasteiger partial charge in [-0.3, -0.25) is 9.88 Å². The molecule has 0 aliphatic carbocycles. The number of para-hydroxylation sites is 1. The Hall–Kier alpha value is -1.65. The third-order valence-electron chi connectivity index (χ3n) is 3.87. The molecule has 1 aromatic heterocycles. The molecule has 4 heteroatoms. The van der Waals surface area contributed by atoms with E-state index in [9.17, 15) is 0 Å². The van der Waals surface area contributed by atoms with E-state index in [-0.39, 0.29) is 0 Å². The lowest BCUT2D eigenvalue weighted by Gasteiger charge is -2.17. The Labute approximate surface area is 119 Å². The average molecular weight is 271 g/mol. The van der Waals surface area contributed by atoms with Crippen LogP contribution in [0.3, 0.4) is 0 Å². The van der Waals surface area contributed by atoms with E-state index in [1.54, 1.807) is 0 Å². The van der Waals surface area contributed by atoms with Crippen molar-refractivity contribution in [3.63, 3.8) is 0 Å². The number of aromatic nitrogens is 1. The number of rotatable bonds is 5. The molecule has 3 rings (SSSR count). The van der Waals surface area contributed by atoms with Crippen LogP contribution < -0.4 is 10.5 Å². The van der Waals surface area contributed by atoms with E-state index < -0.39 is 0 Å². The molecular weight excluding hydrogens is 250 g/mol. The third kappa shape index (κ3) is 2.76. The van der Waals surface area contributed by atoms with Gasteiger partial charge in [0.05, 0.1) is 5.52 Å². The van der Waals surface area contributed by atoms with Crippen LogP contribution in [0.4, 0.5) is 0 Å². The average Bonchev–Trinajstić information content (AvgIpc) is 3.00. The van der Waals surface area contributed by atoms with E-state index in [0.717, 1.165) is 28.8 Å². The molecule has 2 N–H and O–H groups in total. The molecule has 20 heavy (non-hydrogen) atoms. The van der Waals surface area contributed by atoms with Gasteiger partial charge in [0.1, 0.15) is 12.4 Å². The van der Waals surface area contributed by atoms with Crippen molar-refractivity contribution >= 4 is 10.9 Å². The van der Waals surface area contributed by atoms with Crippen LogP contribution in [0.15, 0.2) is 30.5 Å². The summed E-state index contributed by atoms with van der Waals surface area (Å²) in [6.45, 7) is 4.55. The first kappa shape index (κ1) is 13.3. The van der Waals surface area contributed by atoms with Gasteiger partial charge < -0.3 is 10.5 Å². The van der Waals surface area contributed by atoms with Gasteiger partial charge in [-0.1, -0.05) is 12.1 Å². The summed E-state index contributed by atoms with van der Waals surface area (Å²) in [5, 5.41) is 1.05. The first-order valence-electron chi connectivity index (χ1n) is 7.30. The van der Waals surface area contributed by atoms with Crippen molar-refractivity contribution in [2.24, 2.45) is 5.73 Å². The summed E-state index contributed by atoms with van der Waals surface area (Å²) in [4.78, 5) is 6.88. The van der Waals surface area contributed by atoms with Gasteiger partial charge in [0.25, 0.3) is 0 Å². The minimum Gasteiger partial charge on any atom is -0.491 e. The van der Waals surface area contributed by atoms with Crippen molar-refractivity contribution in [1.29, 1.82) is 0 Å². The SMILES string of the molecule is NCc1cnc2ccccc2c1OCCN1CCCC1. The van der Waals surface area contributed by atoms with Crippen LogP contribution in [0.1, 0.15) is 18.4 Å². The fourth-order valence-corrected chi connectivity index (χ4v) is 2.76. The number of fused-ring (bicyclic) bond motifs is 1. The van der Waals surface area contributed by atoms with Gasteiger partial charge in [0.2, 0.25) is 0 Å². The highest BCUT2D eigenvalue weighted by molar-refractivity contribution is 5.86. The van der Waals surface area contributed by atoms with E-state index >= 15 is 0 Å². The zero-order chi connectivity index (χ0) is 13.8. The molecule has 0 amide bonds. The number of pyridine rings is 1. The zero-order valence-corrected chi connectivity index (χ0v) is 11.7. The summed E-state index contributed by atoms with van der Waals surface area (Å²) < 4.78 is 6.04. The lowest BCUT2D eigenvalue weighted by atomic mass is 10.1. The molecule has 106 valence electrons. The molecule has 0 saturated carbocycles. The molecule has 0 spiro atoms. The predicted octanol–water partition coefficient (Wildman–Crippen LogP) is 2.17. The number of hydrogen-bond donors (Lipinski definition) is 1. The maximum atomic E-state index is 6.04.